The van der Waals surface area contributed by atoms with Crippen molar-refractivity contribution in [2.24, 2.45) is 0 Å². The number of methoxy groups -OCH3 is 1. The molecule has 5 rings (SSSR count). The van der Waals surface area contributed by atoms with Crippen molar-refractivity contribution in [3.05, 3.63) is 39.9 Å². The van der Waals surface area contributed by atoms with E-state index in [-0.39, 0.29) is 18.0 Å². The fourth-order valence-electron chi connectivity index (χ4n) is 5.18. The second-order valence-electron chi connectivity index (χ2n) is 8.99. The predicted octanol–water partition coefficient (Wildman–Crippen LogP) is 4.18. The number of benzene rings is 1. The topological polar surface area (TPSA) is 95.1 Å². The van der Waals surface area contributed by atoms with Crippen molar-refractivity contribution in [3.8, 4) is 0 Å². The second-order valence-corrected chi connectivity index (χ2v) is 10.3. The maximum absolute atomic E-state index is 13.3. The summed E-state index contributed by atoms with van der Waals surface area (Å²) in [5.74, 6) is -0.0922. The summed E-state index contributed by atoms with van der Waals surface area (Å²) in [7, 11) is 1.37. The number of nitrogens with zero attached hydrogens (tertiary/aromatic N) is 4. The third kappa shape index (κ3) is 4.09. The number of likely N-dealkylation sites (tertiary alicyclic amines) is 2. The minimum absolute atomic E-state index is 0.0922. The number of carbonyl (C=O) groups excluding carboxylic acids is 3. The molecule has 1 N–H and O–H groups in total. The number of piperidine rings is 1. The highest BCUT2D eigenvalue weighted by atomic mass is 35.5. The fourth-order valence-corrected chi connectivity index (χ4v) is 6.02. The van der Waals surface area contributed by atoms with Gasteiger partial charge < -0.3 is 14.5 Å². The van der Waals surface area contributed by atoms with E-state index in [2.05, 4.69) is 10.3 Å². The normalized spacial score (nSPS) is 21.6. The van der Waals surface area contributed by atoms with Gasteiger partial charge >= 0.3 is 12.1 Å². The Morgan fingerprint density at radius 1 is 1.12 bits per heavy atom. The number of hydrogen-bond acceptors (Lipinski definition) is 6. The van der Waals surface area contributed by atoms with E-state index >= 15 is 0 Å². The zero-order valence-corrected chi connectivity index (χ0v) is 20.5. The standard InChI is InChI=1S/C23H26ClN5O4S/c1-33-22(32)28-10-7-23(13-28)14-29(18-6-5-15(24)11-16(18)23)21(31)26-20-25-17(12-34-20)19(30)27-8-3-2-4-9-27/h5-6,11-12H,2-4,7-10,13-14H2,1H3,(H,25,26,31). The first-order valence-electron chi connectivity index (χ1n) is 11.4. The highest BCUT2D eigenvalue weighted by Gasteiger charge is 2.50. The van der Waals surface area contributed by atoms with E-state index in [1.165, 1.54) is 18.4 Å². The molecule has 3 aliphatic rings. The number of ether oxygens (including phenoxy) is 1. The summed E-state index contributed by atoms with van der Waals surface area (Å²) in [5.41, 5.74) is 1.65. The van der Waals surface area contributed by atoms with E-state index in [1.807, 2.05) is 17.0 Å². The van der Waals surface area contributed by atoms with Crippen molar-refractivity contribution in [1.29, 1.82) is 0 Å². The lowest BCUT2D eigenvalue weighted by Gasteiger charge is -2.25. The lowest BCUT2D eigenvalue weighted by atomic mass is 9.81. The Kier molecular flexibility index (Phi) is 6.11. The molecule has 4 amide bonds. The van der Waals surface area contributed by atoms with Crippen LogP contribution in [0.3, 0.4) is 0 Å². The van der Waals surface area contributed by atoms with E-state index in [1.54, 1.807) is 21.2 Å². The molecule has 180 valence electrons. The Morgan fingerprint density at radius 3 is 2.68 bits per heavy atom. The molecule has 0 saturated carbocycles. The van der Waals surface area contributed by atoms with Crippen LogP contribution in [0.1, 0.15) is 41.7 Å². The fraction of sp³-hybridized carbons (Fsp3) is 0.478. The van der Waals surface area contributed by atoms with E-state index in [4.69, 9.17) is 16.3 Å². The number of thiazole rings is 1. The van der Waals surface area contributed by atoms with Gasteiger partial charge in [0.25, 0.3) is 5.91 Å². The number of aromatic nitrogens is 1. The first-order chi connectivity index (χ1) is 16.4. The number of nitrogens with one attached hydrogen (secondary N) is 1. The van der Waals surface area contributed by atoms with Crippen LogP contribution in [0.4, 0.5) is 20.4 Å². The molecule has 2 aromatic rings. The monoisotopic (exact) mass is 503 g/mol. The SMILES string of the molecule is COC(=O)N1CCC2(C1)CN(C(=O)Nc1nc(C(=O)N3CCCCC3)cs1)c1ccc(Cl)cc12. The molecule has 0 radical (unpaired) electrons. The number of halogens is 1. The maximum atomic E-state index is 13.3. The Labute approximate surface area is 206 Å². The molecule has 11 heteroatoms. The van der Waals surface area contributed by atoms with Gasteiger partial charge in [0.05, 0.1) is 7.11 Å². The van der Waals surface area contributed by atoms with Gasteiger partial charge in [-0.2, -0.15) is 0 Å². The van der Waals surface area contributed by atoms with Gasteiger partial charge in [-0.1, -0.05) is 11.6 Å². The van der Waals surface area contributed by atoms with Crippen molar-refractivity contribution in [2.45, 2.75) is 31.1 Å². The van der Waals surface area contributed by atoms with E-state index < -0.39 is 5.41 Å². The highest BCUT2D eigenvalue weighted by Crippen LogP contribution is 2.47. The average Bonchev–Trinajstić information content (AvgIpc) is 3.57. The number of urea groups is 1. The van der Waals surface area contributed by atoms with Gasteiger partial charge in [0, 0.05) is 54.2 Å². The summed E-state index contributed by atoms with van der Waals surface area (Å²) in [5, 5.41) is 5.51. The summed E-state index contributed by atoms with van der Waals surface area (Å²) < 4.78 is 4.90. The van der Waals surface area contributed by atoms with Gasteiger partial charge in [-0.25, -0.2) is 14.6 Å². The summed E-state index contributed by atoms with van der Waals surface area (Å²) in [6.45, 7) is 2.89. The molecule has 1 atom stereocenters. The van der Waals surface area contributed by atoms with Crippen molar-refractivity contribution in [1.82, 2.24) is 14.8 Å². The Hall–Kier alpha value is -2.85. The number of hydrogen-bond donors (Lipinski definition) is 1. The van der Waals surface area contributed by atoms with Crippen molar-refractivity contribution in [3.63, 3.8) is 0 Å². The quantitative estimate of drug-likeness (QED) is 0.663. The number of fused-ring (bicyclic) bond motifs is 2. The Balaban J connectivity index is 1.34. The highest BCUT2D eigenvalue weighted by molar-refractivity contribution is 7.14. The van der Waals surface area contributed by atoms with Crippen LogP contribution in [-0.4, -0.2) is 72.6 Å². The van der Waals surface area contributed by atoms with Crippen LogP contribution >= 0.6 is 22.9 Å². The minimum atomic E-state index is -0.413. The minimum Gasteiger partial charge on any atom is -0.453 e. The first-order valence-corrected chi connectivity index (χ1v) is 12.6. The molecule has 2 fully saturated rings. The largest absolute Gasteiger partial charge is 0.453 e. The third-order valence-electron chi connectivity index (χ3n) is 6.89. The molecule has 2 saturated heterocycles. The maximum Gasteiger partial charge on any atom is 0.409 e. The zero-order chi connectivity index (χ0) is 23.9. The van der Waals surface area contributed by atoms with Crippen LogP contribution in [0.5, 0.6) is 0 Å². The van der Waals surface area contributed by atoms with Crippen LogP contribution in [-0.2, 0) is 10.2 Å². The molecule has 34 heavy (non-hydrogen) atoms. The summed E-state index contributed by atoms with van der Waals surface area (Å²) >= 11 is 7.53. The van der Waals surface area contributed by atoms with Gasteiger partial charge in [-0.15, -0.1) is 11.3 Å². The number of carbonyl (C=O) groups is 3. The molecule has 1 spiro atoms. The van der Waals surface area contributed by atoms with Gasteiger partial charge in [0.1, 0.15) is 5.69 Å². The zero-order valence-electron chi connectivity index (χ0n) is 18.9. The van der Waals surface area contributed by atoms with Crippen LogP contribution in [0.25, 0.3) is 0 Å². The second kappa shape index (κ2) is 9.07. The lowest BCUT2D eigenvalue weighted by Crippen LogP contribution is -2.41. The molecule has 1 aromatic heterocycles. The molecular weight excluding hydrogens is 478 g/mol. The van der Waals surface area contributed by atoms with Crippen molar-refractivity contribution >= 4 is 51.8 Å². The van der Waals surface area contributed by atoms with Crippen molar-refractivity contribution < 1.29 is 19.1 Å². The van der Waals surface area contributed by atoms with Crippen LogP contribution in [0.15, 0.2) is 23.6 Å². The first kappa shape index (κ1) is 22.9. The van der Waals surface area contributed by atoms with Crippen LogP contribution in [0.2, 0.25) is 5.02 Å². The Morgan fingerprint density at radius 2 is 1.91 bits per heavy atom. The summed E-state index contributed by atoms with van der Waals surface area (Å²) in [6.07, 6.45) is 3.48. The molecule has 9 nitrogen and oxygen atoms in total. The van der Waals surface area contributed by atoms with Gasteiger partial charge in [-0.3, -0.25) is 15.0 Å². The molecular formula is C23H26ClN5O4S. The van der Waals surface area contributed by atoms with Gasteiger partial charge in [0.2, 0.25) is 0 Å². The molecule has 4 heterocycles. The molecule has 0 bridgehead atoms. The van der Waals surface area contributed by atoms with Crippen molar-refractivity contribution in [2.75, 3.05) is 50.1 Å². The molecule has 0 aliphatic carbocycles. The van der Waals surface area contributed by atoms with Crippen LogP contribution in [0, 0.1) is 0 Å². The van der Waals surface area contributed by atoms with E-state index in [9.17, 15) is 14.4 Å². The lowest BCUT2D eigenvalue weighted by molar-refractivity contribution is 0.0719. The van der Waals surface area contributed by atoms with E-state index in [0.29, 0.717) is 41.9 Å². The number of anilines is 2. The van der Waals surface area contributed by atoms with Gasteiger partial charge in [0.15, 0.2) is 5.13 Å². The van der Waals surface area contributed by atoms with E-state index in [0.717, 1.165) is 43.6 Å². The summed E-state index contributed by atoms with van der Waals surface area (Å²) in [6, 6.07) is 5.14. The van der Waals surface area contributed by atoms with Gasteiger partial charge in [-0.05, 0) is 49.4 Å². The smallest absolute Gasteiger partial charge is 0.409 e. The van der Waals surface area contributed by atoms with Crippen LogP contribution < -0.4 is 10.2 Å². The molecule has 1 aromatic carbocycles. The third-order valence-corrected chi connectivity index (χ3v) is 7.89. The molecule has 3 aliphatic heterocycles. The number of amides is 4. The summed E-state index contributed by atoms with van der Waals surface area (Å²) in [4.78, 5) is 47.7. The predicted molar refractivity (Wildman–Crippen MR) is 130 cm³/mol. The average molecular weight is 504 g/mol. The number of rotatable bonds is 2. The Bertz CT molecular complexity index is 1130. The molecule has 1 unspecified atom stereocenters.